The van der Waals surface area contributed by atoms with Gasteiger partial charge in [-0.1, -0.05) is 25.7 Å². The lowest BCUT2D eigenvalue weighted by molar-refractivity contribution is 0.510. The highest BCUT2D eigenvalue weighted by molar-refractivity contribution is 7.89. The van der Waals surface area contributed by atoms with Crippen molar-refractivity contribution in [3.05, 3.63) is 18.0 Å². The highest BCUT2D eigenvalue weighted by Gasteiger charge is 2.29. The Balaban J connectivity index is 1.77. The fourth-order valence-corrected chi connectivity index (χ4v) is 4.54. The van der Waals surface area contributed by atoms with E-state index in [1.807, 2.05) is 4.57 Å². The second-order valence-electron chi connectivity index (χ2n) is 6.32. The van der Waals surface area contributed by atoms with E-state index in [9.17, 15) is 8.42 Å². The number of nitrogens with zero attached hydrogens (tertiary/aromatic N) is 1. The summed E-state index contributed by atoms with van der Waals surface area (Å²) in [5.74, 6) is 0. The van der Waals surface area contributed by atoms with Crippen LogP contribution in [-0.2, 0) is 16.6 Å². The van der Waals surface area contributed by atoms with Gasteiger partial charge in [-0.2, -0.15) is 0 Å². The van der Waals surface area contributed by atoms with Gasteiger partial charge in [0.25, 0.3) is 0 Å². The minimum Gasteiger partial charge on any atom is -0.346 e. The Kier molecular flexibility index (Phi) is 4.38. The molecule has 1 heterocycles. The first-order chi connectivity index (χ1) is 10.1. The SMILES string of the molecule is NCc1cc(S(=O)(=O)NC2CCCCCC2)cn1C1CC1. The third-order valence-corrected chi connectivity index (χ3v) is 6.03. The van der Waals surface area contributed by atoms with Gasteiger partial charge in [0, 0.05) is 30.5 Å². The summed E-state index contributed by atoms with van der Waals surface area (Å²) in [6.45, 7) is 0.384. The summed E-state index contributed by atoms with van der Waals surface area (Å²) in [7, 11) is -3.42. The number of rotatable bonds is 5. The topological polar surface area (TPSA) is 77.1 Å². The van der Waals surface area contributed by atoms with E-state index in [1.165, 1.54) is 12.8 Å². The van der Waals surface area contributed by atoms with Crippen LogP contribution in [0.3, 0.4) is 0 Å². The number of nitrogens with one attached hydrogen (secondary N) is 1. The average molecular weight is 311 g/mol. The summed E-state index contributed by atoms with van der Waals surface area (Å²) in [5.41, 5.74) is 6.66. The van der Waals surface area contributed by atoms with Crippen molar-refractivity contribution in [3.8, 4) is 0 Å². The maximum absolute atomic E-state index is 12.6. The van der Waals surface area contributed by atoms with E-state index in [0.717, 1.165) is 44.2 Å². The van der Waals surface area contributed by atoms with Crippen LogP contribution in [0.25, 0.3) is 0 Å². The smallest absolute Gasteiger partial charge is 0.242 e. The predicted octanol–water partition coefficient (Wildman–Crippen LogP) is 2.28. The molecule has 21 heavy (non-hydrogen) atoms. The first-order valence-electron chi connectivity index (χ1n) is 8.03. The van der Waals surface area contributed by atoms with Gasteiger partial charge in [0.15, 0.2) is 0 Å². The molecule has 0 saturated heterocycles. The number of aromatic nitrogens is 1. The highest BCUT2D eigenvalue weighted by atomic mass is 32.2. The Hall–Kier alpha value is -0.850. The van der Waals surface area contributed by atoms with Gasteiger partial charge in [-0.05, 0) is 31.7 Å². The molecule has 0 atom stereocenters. The van der Waals surface area contributed by atoms with Crippen molar-refractivity contribution >= 4 is 10.0 Å². The molecule has 0 unspecified atom stereocenters. The van der Waals surface area contributed by atoms with Crippen molar-refractivity contribution in [2.75, 3.05) is 0 Å². The van der Waals surface area contributed by atoms with Gasteiger partial charge in [0.1, 0.15) is 0 Å². The number of hydrogen-bond donors (Lipinski definition) is 2. The third-order valence-electron chi connectivity index (χ3n) is 4.54. The molecular weight excluding hydrogens is 286 g/mol. The van der Waals surface area contributed by atoms with E-state index < -0.39 is 10.0 Å². The van der Waals surface area contributed by atoms with Gasteiger partial charge in [-0.3, -0.25) is 0 Å². The summed E-state index contributed by atoms with van der Waals surface area (Å²) in [6.07, 6.45) is 10.6. The summed E-state index contributed by atoms with van der Waals surface area (Å²) < 4.78 is 30.1. The maximum Gasteiger partial charge on any atom is 0.242 e. The molecule has 0 radical (unpaired) electrons. The van der Waals surface area contributed by atoms with Crippen LogP contribution in [0.4, 0.5) is 0 Å². The van der Waals surface area contributed by atoms with Crippen LogP contribution in [0.2, 0.25) is 0 Å². The molecule has 1 aromatic rings. The molecule has 2 aliphatic rings. The quantitative estimate of drug-likeness (QED) is 0.819. The molecule has 2 saturated carbocycles. The van der Waals surface area contributed by atoms with Crippen LogP contribution in [-0.4, -0.2) is 19.0 Å². The van der Waals surface area contributed by atoms with E-state index in [0.29, 0.717) is 17.5 Å². The fourth-order valence-electron chi connectivity index (χ4n) is 3.18. The Morgan fingerprint density at radius 2 is 1.81 bits per heavy atom. The Morgan fingerprint density at radius 3 is 2.38 bits per heavy atom. The van der Waals surface area contributed by atoms with Crippen molar-refractivity contribution in [2.24, 2.45) is 5.73 Å². The van der Waals surface area contributed by atoms with Crippen LogP contribution in [0, 0.1) is 0 Å². The monoisotopic (exact) mass is 311 g/mol. The molecule has 5 nitrogen and oxygen atoms in total. The lowest BCUT2D eigenvalue weighted by Crippen LogP contribution is -2.34. The highest BCUT2D eigenvalue weighted by Crippen LogP contribution is 2.37. The first kappa shape index (κ1) is 15.1. The first-order valence-corrected chi connectivity index (χ1v) is 9.51. The van der Waals surface area contributed by atoms with Crippen LogP contribution in [0.1, 0.15) is 63.1 Å². The van der Waals surface area contributed by atoms with Gasteiger partial charge < -0.3 is 10.3 Å². The normalized spacial score (nSPS) is 21.4. The molecule has 0 bridgehead atoms. The van der Waals surface area contributed by atoms with Crippen LogP contribution in [0.15, 0.2) is 17.2 Å². The fraction of sp³-hybridized carbons (Fsp3) is 0.733. The molecule has 0 spiro atoms. The number of hydrogen-bond acceptors (Lipinski definition) is 3. The number of nitrogens with two attached hydrogens (primary N) is 1. The van der Waals surface area contributed by atoms with E-state index in [4.69, 9.17) is 5.73 Å². The molecule has 1 aromatic heterocycles. The van der Waals surface area contributed by atoms with E-state index in [2.05, 4.69) is 4.72 Å². The van der Waals surface area contributed by atoms with Crippen molar-refractivity contribution in [3.63, 3.8) is 0 Å². The molecule has 2 aliphatic carbocycles. The van der Waals surface area contributed by atoms with Gasteiger partial charge >= 0.3 is 0 Å². The van der Waals surface area contributed by atoms with Gasteiger partial charge in [0.2, 0.25) is 10.0 Å². The van der Waals surface area contributed by atoms with Gasteiger partial charge in [-0.15, -0.1) is 0 Å². The van der Waals surface area contributed by atoms with Gasteiger partial charge in [-0.25, -0.2) is 13.1 Å². The molecule has 0 aliphatic heterocycles. The molecule has 6 heteroatoms. The van der Waals surface area contributed by atoms with Crippen LogP contribution >= 0.6 is 0 Å². The second-order valence-corrected chi connectivity index (χ2v) is 8.03. The zero-order chi connectivity index (χ0) is 14.9. The molecule has 3 rings (SSSR count). The Morgan fingerprint density at radius 1 is 1.14 bits per heavy atom. The Bertz CT molecular complexity index is 582. The molecule has 3 N–H and O–H groups in total. The zero-order valence-electron chi connectivity index (χ0n) is 12.4. The summed E-state index contributed by atoms with van der Waals surface area (Å²) in [4.78, 5) is 0.374. The Labute approximate surface area is 127 Å². The summed E-state index contributed by atoms with van der Waals surface area (Å²) >= 11 is 0. The van der Waals surface area contributed by atoms with E-state index >= 15 is 0 Å². The van der Waals surface area contributed by atoms with Crippen molar-refractivity contribution in [2.45, 2.75) is 74.9 Å². The predicted molar refractivity (Wildman–Crippen MR) is 82.4 cm³/mol. The van der Waals surface area contributed by atoms with E-state index in [1.54, 1.807) is 12.3 Å². The molecule has 0 aromatic carbocycles. The van der Waals surface area contributed by atoms with Gasteiger partial charge in [0.05, 0.1) is 4.90 Å². The van der Waals surface area contributed by atoms with Crippen LogP contribution in [0.5, 0.6) is 0 Å². The lowest BCUT2D eigenvalue weighted by atomic mass is 10.1. The number of sulfonamides is 1. The standard InChI is InChI=1S/C15H25N3O2S/c16-10-14-9-15(11-18(14)13-7-8-13)21(19,20)17-12-5-3-1-2-4-6-12/h9,11-13,17H,1-8,10,16H2. The van der Waals surface area contributed by atoms with Crippen molar-refractivity contribution in [1.82, 2.24) is 9.29 Å². The lowest BCUT2D eigenvalue weighted by Gasteiger charge is -2.15. The van der Waals surface area contributed by atoms with Crippen molar-refractivity contribution < 1.29 is 8.42 Å². The van der Waals surface area contributed by atoms with E-state index in [-0.39, 0.29) is 6.04 Å². The van der Waals surface area contributed by atoms with Crippen molar-refractivity contribution in [1.29, 1.82) is 0 Å². The molecule has 2 fully saturated rings. The minimum absolute atomic E-state index is 0.0862. The molecule has 0 amide bonds. The zero-order valence-corrected chi connectivity index (χ0v) is 13.2. The maximum atomic E-state index is 12.6. The molecular formula is C15H25N3O2S. The third kappa shape index (κ3) is 3.49. The molecule has 118 valence electrons. The van der Waals surface area contributed by atoms with Crippen LogP contribution < -0.4 is 10.5 Å². The average Bonchev–Trinajstić information content (AvgIpc) is 3.24. The largest absolute Gasteiger partial charge is 0.346 e. The summed E-state index contributed by atoms with van der Waals surface area (Å²) in [5, 5.41) is 0. The summed E-state index contributed by atoms with van der Waals surface area (Å²) in [6, 6.07) is 2.27. The minimum atomic E-state index is -3.42. The second kappa shape index (κ2) is 6.10.